The van der Waals surface area contributed by atoms with Crippen LogP contribution >= 0.6 is 0 Å². The molecule has 4 aromatic rings. The second-order valence-electron chi connectivity index (χ2n) is 8.42. The van der Waals surface area contributed by atoms with Gasteiger partial charge in [0.1, 0.15) is 5.75 Å². The van der Waals surface area contributed by atoms with Gasteiger partial charge in [-0.3, -0.25) is 0 Å². The Morgan fingerprint density at radius 3 is 2.50 bits per heavy atom. The molecule has 0 spiro atoms. The van der Waals surface area contributed by atoms with Crippen molar-refractivity contribution in [3.05, 3.63) is 114 Å². The number of aromatic nitrogens is 1. The van der Waals surface area contributed by atoms with Gasteiger partial charge in [0.15, 0.2) is 0 Å². The van der Waals surface area contributed by atoms with Crippen molar-refractivity contribution in [2.75, 3.05) is 11.9 Å². The van der Waals surface area contributed by atoms with Crippen LogP contribution in [0, 0.1) is 0 Å². The average molecular weight is 452 g/mol. The van der Waals surface area contributed by atoms with Crippen LogP contribution in [-0.2, 0) is 13.0 Å². The molecule has 2 heterocycles. The molecule has 1 aromatic heterocycles. The van der Waals surface area contributed by atoms with Crippen LogP contribution in [-0.4, -0.2) is 22.1 Å². The Morgan fingerprint density at radius 1 is 0.941 bits per heavy atom. The Morgan fingerprint density at radius 2 is 1.71 bits per heavy atom. The number of ether oxygens (including phenoxy) is 1. The largest absolute Gasteiger partial charge is 0.492 e. The number of amides is 2. The summed E-state index contributed by atoms with van der Waals surface area (Å²) < 4.78 is 7.95. The molecule has 0 unspecified atom stereocenters. The molecule has 172 valence electrons. The van der Waals surface area contributed by atoms with E-state index < -0.39 is 0 Å². The van der Waals surface area contributed by atoms with Crippen LogP contribution in [0.5, 0.6) is 5.75 Å². The van der Waals surface area contributed by atoms with Crippen LogP contribution in [0.4, 0.5) is 10.5 Å². The fourth-order valence-corrected chi connectivity index (χ4v) is 4.66. The van der Waals surface area contributed by atoms with Gasteiger partial charge in [-0.25, -0.2) is 4.79 Å². The molecule has 0 saturated carbocycles. The molecule has 0 radical (unpaired) electrons. The number of nitrogens with one attached hydrogen (secondary N) is 1. The van der Waals surface area contributed by atoms with E-state index in [0.29, 0.717) is 24.6 Å². The van der Waals surface area contributed by atoms with E-state index in [1.807, 2.05) is 54.3 Å². The van der Waals surface area contributed by atoms with Crippen molar-refractivity contribution in [3.63, 3.8) is 0 Å². The zero-order valence-electron chi connectivity index (χ0n) is 19.6. The molecule has 5 heteroatoms. The summed E-state index contributed by atoms with van der Waals surface area (Å²) in [4.78, 5) is 15.8. The Balaban J connectivity index is 1.60. The first-order valence-corrected chi connectivity index (χ1v) is 11.8. The number of fused-ring (bicyclic) bond motifs is 3. The molecule has 0 saturated heterocycles. The van der Waals surface area contributed by atoms with Crippen LogP contribution < -0.4 is 10.1 Å². The number of anilines is 1. The van der Waals surface area contributed by atoms with Crippen LogP contribution in [0.3, 0.4) is 0 Å². The molecule has 1 aliphatic rings. The summed E-state index contributed by atoms with van der Waals surface area (Å²) in [6.45, 7) is 5.11. The van der Waals surface area contributed by atoms with Crippen molar-refractivity contribution in [2.24, 2.45) is 0 Å². The highest BCUT2D eigenvalue weighted by Gasteiger charge is 2.33. The standard InChI is InChI=1S/C29H29N3O2/c1-3-21-15-17-22(18-16-21)28-26-13-9-19-31(26)25-12-7-5-10-23(25)20-32(28)29(33)30-24-11-6-8-14-27(24)34-4-2/h5-19,28H,3-4,20H2,1-2H3,(H,30,33)/t28-/m1/s1. The summed E-state index contributed by atoms with van der Waals surface area (Å²) in [5.74, 6) is 0.667. The lowest BCUT2D eigenvalue weighted by Gasteiger charge is -2.31. The van der Waals surface area contributed by atoms with E-state index in [2.05, 4.69) is 65.5 Å². The summed E-state index contributed by atoms with van der Waals surface area (Å²) in [6, 6.07) is 28.2. The Kier molecular flexibility index (Phi) is 6.09. The van der Waals surface area contributed by atoms with E-state index in [4.69, 9.17) is 4.74 Å². The molecule has 1 atom stereocenters. The summed E-state index contributed by atoms with van der Waals surface area (Å²) in [6.07, 6.45) is 3.05. The minimum Gasteiger partial charge on any atom is -0.492 e. The van der Waals surface area contributed by atoms with Gasteiger partial charge in [0.05, 0.1) is 30.6 Å². The highest BCUT2D eigenvalue weighted by molar-refractivity contribution is 5.91. The van der Waals surface area contributed by atoms with Crippen molar-refractivity contribution in [2.45, 2.75) is 32.9 Å². The number of rotatable bonds is 5. The van der Waals surface area contributed by atoms with Crippen LogP contribution in [0.25, 0.3) is 5.69 Å². The predicted octanol–water partition coefficient (Wildman–Crippen LogP) is 6.58. The third-order valence-electron chi connectivity index (χ3n) is 6.36. The van der Waals surface area contributed by atoms with E-state index in [1.54, 1.807) is 0 Å². The van der Waals surface area contributed by atoms with E-state index in [1.165, 1.54) is 5.56 Å². The summed E-state index contributed by atoms with van der Waals surface area (Å²) in [7, 11) is 0. The zero-order chi connectivity index (χ0) is 23.5. The molecular formula is C29H29N3O2. The maximum Gasteiger partial charge on any atom is 0.323 e. The van der Waals surface area contributed by atoms with E-state index in [9.17, 15) is 4.79 Å². The predicted molar refractivity (Wildman–Crippen MR) is 136 cm³/mol. The number of hydrogen-bond donors (Lipinski definition) is 1. The first-order valence-electron chi connectivity index (χ1n) is 11.8. The molecule has 0 aliphatic carbocycles. The minimum absolute atomic E-state index is 0.166. The summed E-state index contributed by atoms with van der Waals surface area (Å²) in [5.41, 5.74) is 6.28. The van der Waals surface area contributed by atoms with Crippen LogP contribution in [0.1, 0.15) is 42.3 Å². The molecule has 1 aliphatic heterocycles. The van der Waals surface area contributed by atoms with Crippen molar-refractivity contribution in [1.82, 2.24) is 9.47 Å². The van der Waals surface area contributed by atoms with Crippen LogP contribution in [0.15, 0.2) is 91.1 Å². The lowest BCUT2D eigenvalue weighted by molar-refractivity contribution is 0.194. The Labute approximate surface area is 200 Å². The SMILES string of the molecule is CCOc1ccccc1NC(=O)N1Cc2ccccc2-n2cccc2[C@H]1c1ccc(CC)cc1. The van der Waals surface area contributed by atoms with Gasteiger partial charge in [0, 0.05) is 11.9 Å². The van der Waals surface area contributed by atoms with Gasteiger partial charge < -0.3 is 19.5 Å². The Hall–Kier alpha value is -3.99. The third-order valence-corrected chi connectivity index (χ3v) is 6.36. The molecule has 34 heavy (non-hydrogen) atoms. The lowest BCUT2D eigenvalue weighted by atomic mass is 10.00. The minimum atomic E-state index is -0.243. The first kappa shape index (κ1) is 21.8. The quantitative estimate of drug-likeness (QED) is 0.373. The molecule has 3 aromatic carbocycles. The molecule has 1 N–H and O–H groups in total. The van der Waals surface area contributed by atoms with Gasteiger partial charge in [-0.15, -0.1) is 0 Å². The monoisotopic (exact) mass is 451 g/mol. The average Bonchev–Trinajstić information content (AvgIpc) is 3.30. The molecule has 0 fully saturated rings. The lowest BCUT2D eigenvalue weighted by Crippen LogP contribution is -2.38. The molecular weight excluding hydrogens is 422 g/mol. The second-order valence-corrected chi connectivity index (χ2v) is 8.42. The fraction of sp³-hybridized carbons (Fsp3) is 0.207. The first-order chi connectivity index (χ1) is 16.7. The number of aryl methyl sites for hydroxylation is 1. The highest BCUT2D eigenvalue weighted by Crippen LogP contribution is 2.37. The number of para-hydroxylation sites is 3. The van der Waals surface area contributed by atoms with E-state index in [0.717, 1.165) is 28.9 Å². The topological polar surface area (TPSA) is 46.5 Å². The molecule has 5 nitrogen and oxygen atoms in total. The summed E-state index contributed by atoms with van der Waals surface area (Å²) in [5, 5.41) is 3.12. The van der Waals surface area contributed by atoms with Crippen molar-refractivity contribution in [3.8, 4) is 11.4 Å². The second kappa shape index (κ2) is 9.48. The van der Waals surface area contributed by atoms with Gasteiger partial charge in [-0.2, -0.15) is 0 Å². The van der Waals surface area contributed by atoms with E-state index in [-0.39, 0.29) is 12.1 Å². The van der Waals surface area contributed by atoms with Gasteiger partial charge in [-0.05, 0) is 60.4 Å². The van der Waals surface area contributed by atoms with Gasteiger partial charge in [-0.1, -0.05) is 61.5 Å². The number of urea groups is 1. The Bertz CT molecular complexity index is 1290. The number of carbonyl (C=O) groups is 1. The van der Waals surface area contributed by atoms with E-state index >= 15 is 0 Å². The smallest absolute Gasteiger partial charge is 0.323 e. The maximum atomic E-state index is 13.9. The number of benzene rings is 3. The maximum absolute atomic E-state index is 13.9. The normalized spacial score (nSPS) is 14.6. The fourth-order valence-electron chi connectivity index (χ4n) is 4.66. The van der Waals surface area contributed by atoms with Gasteiger partial charge in [0.25, 0.3) is 0 Å². The zero-order valence-corrected chi connectivity index (χ0v) is 19.6. The molecule has 5 rings (SSSR count). The number of hydrogen-bond acceptors (Lipinski definition) is 2. The summed E-state index contributed by atoms with van der Waals surface area (Å²) >= 11 is 0. The van der Waals surface area contributed by atoms with Crippen molar-refractivity contribution >= 4 is 11.7 Å². The third kappa shape index (κ3) is 4.05. The molecule has 2 amide bonds. The van der Waals surface area contributed by atoms with Crippen molar-refractivity contribution in [1.29, 1.82) is 0 Å². The van der Waals surface area contributed by atoms with Crippen molar-refractivity contribution < 1.29 is 9.53 Å². The number of carbonyl (C=O) groups excluding carboxylic acids is 1. The van der Waals surface area contributed by atoms with Crippen LogP contribution in [0.2, 0.25) is 0 Å². The highest BCUT2D eigenvalue weighted by atomic mass is 16.5. The van der Waals surface area contributed by atoms with Gasteiger partial charge >= 0.3 is 6.03 Å². The van der Waals surface area contributed by atoms with Gasteiger partial charge in [0.2, 0.25) is 0 Å². The molecule has 0 bridgehead atoms. The number of nitrogens with zero attached hydrogens (tertiary/aromatic N) is 2.